The van der Waals surface area contributed by atoms with E-state index in [0.29, 0.717) is 46.4 Å². The minimum Gasteiger partial charge on any atom is -0.489 e. The molecule has 3 aromatic rings. The maximum absolute atomic E-state index is 9.53. The molecule has 3 N–H and O–H groups in total. The molecule has 0 unspecified atom stereocenters. The quantitative estimate of drug-likeness (QED) is 0.417. The number of nitrogens with zero attached hydrogens (tertiary/aromatic N) is 3. The third kappa shape index (κ3) is 4.47. The average Bonchev–Trinajstić information content (AvgIpc) is 3.34. The van der Waals surface area contributed by atoms with Crippen LogP contribution in [0.3, 0.4) is 0 Å². The first-order chi connectivity index (χ1) is 15.5. The molecule has 1 aromatic heterocycles. The molecule has 6 nitrogen and oxygen atoms in total. The van der Waals surface area contributed by atoms with Gasteiger partial charge in [-0.1, -0.05) is 12.8 Å². The molecule has 1 aliphatic carbocycles. The second-order valence-corrected chi connectivity index (χ2v) is 8.44. The maximum Gasteiger partial charge on any atom is 0.120 e. The number of benzene rings is 2. The predicted molar refractivity (Wildman–Crippen MR) is 125 cm³/mol. The van der Waals surface area contributed by atoms with Crippen LogP contribution in [0.15, 0.2) is 42.6 Å². The van der Waals surface area contributed by atoms with Gasteiger partial charge in [0.05, 0.1) is 29.2 Å². The van der Waals surface area contributed by atoms with Gasteiger partial charge in [0.1, 0.15) is 12.4 Å². The second kappa shape index (κ2) is 9.19. The molecular weight excluding hydrogens is 398 g/mol. The van der Waals surface area contributed by atoms with Gasteiger partial charge >= 0.3 is 0 Å². The number of hydrogen-bond donors (Lipinski definition) is 2. The number of rotatable bonds is 6. The Morgan fingerprint density at radius 1 is 1.19 bits per heavy atom. The van der Waals surface area contributed by atoms with Gasteiger partial charge in [0.25, 0.3) is 0 Å². The van der Waals surface area contributed by atoms with Crippen molar-refractivity contribution in [3.05, 3.63) is 81.7 Å². The Morgan fingerprint density at radius 3 is 2.69 bits per heavy atom. The van der Waals surface area contributed by atoms with Crippen LogP contribution in [0.25, 0.3) is 0 Å². The molecule has 0 saturated heterocycles. The van der Waals surface area contributed by atoms with E-state index >= 15 is 0 Å². The van der Waals surface area contributed by atoms with E-state index in [9.17, 15) is 5.26 Å². The largest absolute Gasteiger partial charge is 0.489 e. The van der Waals surface area contributed by atoms with Crippen molar-refractivity contribution in [1.82, 2.24) is 10.2 Å². The average molecular weight is 426 g/mol. The summed E-state index contributed by atoms with van der Waals surface area (Å²) in [5.41, 5.74) is 12.9. The summed E-state index contributed by atoms with van der Waals surface area (Å²) in [7, 11) is 0. The van der Waals surface area contributed by atoms with Gasteiger partial charge in [0.2, 0.25) is 0 Å². The van der Waals surface area contributed by atoms with Crippen LogP contribution in [-0.2, 0) is 6.61 Å². The first kappa shape index (κ1) is 21.5. The zero-order valence-electron chi connectivity index (χ0n) is 18.5. The van der Waals surface area contributed by atoms with E-state index in [2.05, 4.69) is 16.3 Å². The molecule has 1 heterocycles. The highest BCUT2D eigenvalue weighted by atomic mass is 16.5. The van der Waals surface area contributed by atoms with Crippen molar-refractivity contribution in [2.24, 2.45) is 0 Å². The smallest absolute Gasteiger partial charge is 0.120 e. The van der Waals surface area contributed by atoms with Crippen LogP contribution in [0, 0.1) is 30.6 Å². The van der Waals surface area contributed by atoms with Crippen LogP contribution >= 0.6 is 0 Å². The van der Waals surface area contributed by atoms with Crippen molar-refractivity contribution in [1.29, 1.82) is 10.7 Å². The molecule has 6 heteroatoms. The highest BCUT2D eigenvalue weighted by Crippen LogP contribution is 2.35. The Kier molecular flexibility index (Phi) is 6.18. The first-order valence-electron chi connectivity index (χ1n) is 10.9. The van der Waals surface area contributed by atoms with E-state index < -0.39 is 0 Å². The van der Waals surface area contributed by atoms with E-state index in [1.807, 2.05) is 26.0 Å². The minimum atomic E-state index is 0.294. The summed E-state index contributed by atoms with van der Waals surface area (Å²) >= 11 is 0. The molecule has 32 heavy (non-hydrogen) atoms. The summed E-state index contributed by atoms with van der Waals surface area (Å²) in [6, 6.07) is 13.4. The van der Waals surface area contributed by atoms with Crippen molar-refractivity contribution in [3.8, 4) is 11.8 Å². The number of hydrogen-bond acceptors (Lipinski definition) is 6. The van der Waals surface area contributed by atoms with Gasteiger partial charge in [-0.05, 0) is 80.1 Å². The number of nitriles is 1. The lowest BCUT2D eigenvalue weighted by atomic mass is 9.91. The van der Waals surface area contributed by atoms with Gasteiger partial charge in [0, 0.05) is 22.4 Å². The molecule has 162 valence electrons. The van der Waals surface area contributed by atoms with Gasteiger partial charge in [-0.15, -0.1) is 0 Å². The van der Waals surface area contributed by atoms with Gasteiger partial charge in [-0.3, -0.25) is 5.41 Å². The fourth-order valence-electron chi connectivity index (χ4n) is 4.35. The Hall–Kier alpha value is -3.72. The number of anilines is 1. The number of nitrogens with two attached hydrogens (primary N) is 1. The van der Waals surface area contributed by atoms with Crippen molar-refractivity contribution < 1.29 is 4.74 Å². The standard InChI is InChI=1S/C26H27N5O/c1-16-14-30-31-17(2)24(16)15-32-22-7-8-25(28)23(12-22)26(29)21-10-18(13-27)9-20(11-21)19-5-3-4-6-19/h7-12,14,19,29H,3-6,15,28H2,1-2H3. The number of ether oxygens (including phenoxy) is 1. The molecule has 1 fully saturated rings. The molecule has 0 aliphatic heterocycles. The van der Waals surface area contributed by atoms with Crippen LogP contribution in [0.2, 0.25) is 0 Å². The summed E-state index contributed by atoms with van der Waals surface area (Å²) in [5.74, 6) is 1.09. The highest BCUT2D eigenvalue weighted by Gasteiger charge is 2.20. The summed E-state index contributed by atoms with van der Waals surface area (Å²) in [6.45, 7) is 4.25. The molecule has 4 rings (SSSR count). The maximum atomic E-state index is 9.53. The highest BCUT2D eigenvalue weighted by molar-refractivity contribution is 6.14. The zero-order valence-corrected chi connectivity index (χ0v) is 18.5. The Labute approximate surface area is 188 Å². The zero-order chi connectivity index (χ0) is 22.7. The Morgan fingerprint density at radius 2 is 1.97 bits per heavy atom. The fraction of sp³-hybridized carbons (Fsp3) is 0.308. The molecule has 1 aliphatic rings. The molecule has 0 radical (unpaired) electrons. The second-order valence-electron chi connectivity index (χ2n) is 8.44. The normalized spacial score (nSPS) is 13.7. The topological polar surface area (TPSA) is 109 Å². The fourth-order valence-corrected chi connectivity index (χ4v) is 4.35. The summed E-state index contributed by atoms with van der Waals surface area (Å²) in [4.78, 5) is 0. The summed E-state index contributed by atoms with van der Waals surface area (Å²) in [5, 5.41) is 26.4. The van der Waals surface area contributed by atoms with E-state index in [4.69, 9.17) is 15.9 Å². The lowest BCUT2D eigenvalue weighted by Gasteiger charge is -2.15. The molecule has 0 bridgehead atoms. The van der Waals surface area contributed by atoms with Crippen molar-refractivity contribution >= 4 is 11.4 Å². The van der Waals surface area contributed by atoms with E-state index in [-0.39, 0.29) is 0 Å². The Balaban J connectivity index is 1.61. The molecule has 0 atom stereocenters. The third-order valence-electron chi connectivity index (χ3n) is 6.25. The number of aromatic nitrogens is 2. The minimum absolute atomic E-state index is 0.294. The van der Waals surface area contributed by atoms with Crippen molar-refractivity contribution in [2.75, 3.05) is 5.73 Å². The summed E-state index contributed by atoms with van der Waals surface area (Å²) < 4.78 is 6.01. The number of nitrogens with one attached hydrogen (secondary N) is 1. The van der Waals surface area contributed by atoms with Crippen LogP contribution in [0.5, 0.6) is 5.75 Å². The van der Waals surface area contributed by atoms with E-state index in [1.165, 1.54) is 12.8 Å². The van der Waals surface area contributed by atoms with Crippen LogP contribution in [0.4, 0.5) is 5.69 Å². The van der Waals surface area contributed by atoms with Gasteiger partial charge in [-0.2, -0.15) is 15.5 Å². The van der Waals surface area contributed by atoms with Crippen molar-refractivity contribution in [2.45, 2.75) is 52.1 Å². The van der Waals surface area contributed by atoms with Gasteiger partial charge in [0.15, 0.2) is 0 Å². The lowest BCUT2D eigenvalue weighted by Crippen LogP contribution is -2.09. The SMILES string of the molecule is Cc1cnnc(C)c1COc1ccc(N)c(C(=N)c2cc(C#N)cc(C3CCCC3)c2)c1. The van der Waals surface area contributed by atoms with E-state index in [1.54, 1.807) is 30.5 Å². The van der Waals surface area contributed by atoms with Crippen molar-refractivity contribution in [3.63, 3.8) is 0 Å². The lowest BCUT2D eigenvalue weighted by molar-refractivity contribution is 0.303. The molecular formula is C26H27N5O. The molecule has 0 spiro atoms. The van der Waals surface area contributed by atoms with E-state index in [0.717, 1.165) is 35.2 Å². The van der Waals surface area contributed by atoms with Gasteiger partial charge < -0.3 is 10.5 Å². The predicted octanol–water partition coefficient (Wildman–Crippen LogP) is 5.20. The van der Waals surface area contributed by atoms with Crippen LogP contribution in [-0.4, -0.2) is 15.9 Å². The number of nitrogen functional groups attached to an aromatic ring is 1. The third-order valence-corrected chi connectivity index (χ3v) is 6.25. The van der Waals surface area contributed by atoms with Crippen LogP contribution < -0.4 is 10.5 Å². The number of aryl methyl sites for hydroxylation is 2. The van der Waals surface area contributed by atoms with Gasteiger partial charge in [-0.25, -0.2) is 0 Å². The molecule has 0 amide bonds. The summed E-state index contributed by atoms with van der Waals surface area (Å²) in [6.07, 6.45) is 6.42. The van der Waals surface area contributed by atoms with Crippen LogP contribution in [0.1, 0.15) is 70.7 Å². The molecule has 1 saturated carbocycles. The molecule has 2 aromatic carbocycles. The first-order valence-corrected chi connectivity index (χ1v) is 10.9. The Bertz CT molecular complexity index is 1190. The monoisotopic (exact) mass is 425 g/mol.